The van der Waals surface area contributed by atoms with Gasteiger partial charge in [-0.05, 0) is 13.3 Å². The maximum absolute atomic E-state index is 11.0. The minimum atomic E-state index is -0.424. The van der Waals surface area contributed by atoms with Crippen LogP contribution in [0.5, 0.6) is 0 Å². The van der Waals surface area contributed by atoms with Crippen molar-refractivity contribution in [1.82, 2.24) is 5.32 Å². The minimum absolute atomic E-state index is 0.119. The molecule has 1 amide bonds. The first-order valence-corrected chi connectivity index (χ1v) is 4.97. The summed E-state index contributed by atoms with van der Waals surface area (Å²) in [5, 5.41) is 2.70. The molecule has 1 rings (SSSR count). The zero-order valence-corrected chi connectivity index (χ0v) is 8.91. The monoisotopic (exact) mass is 213 g/mol. The molecule has 5 nitrogen and oxygen atoms in total. The first-order valence-electron chi connectivity index (χ1n) is 4.97. The zero-order chi connectivity index (χ0) is 11.3. The molecule has 0 saturated heterocycles. The van der Waals surface area contributed by atoms with E-state index in [4.69, 9.17) is 9.47 Å². The predicted octanol–water partition coefficient (Wildman–Crippen LogP) is 0.358. The summed E-state index contributed by atoms with van der Waals surface area (Å²) in [5.41, 5.74) is 0. The van der Waals surface area contributed by atoms with Gasteiger partial charge in [0, 0.05) is 6.08 Å². The van der Waals surface area contributed by atoms with Crippen LogP contribution in [0.2, 0.25) is 0 Å². The molecule has 0 saturated carbocycles. The molecule has 0 radical (unpaired) electrons. The van der Waals surface area contributed by atoms with E-state index in [-0.39, 0.29) is 18.6 Å². The van der Waals surface area contributed by atoms with E-state index in [9.17, 15) is 9.59 Å². The van der Waals surface area contributed by atoms with E-state index < -0.39 is 5.97 Å². The molecule has 1 atom stereocenters. The number of nitrogens with one attached hydrogen (secondary N) is 1. The SMILES string of the molecule is CCOC(=O)COC1=CC(=O)NC1CC. The van der Waals surface area contributed by atoms with Crippen LogP contribution >= 0.6 is 0 Å². The van der Waals surface area contributed by atoms with Gasteiger partial charge >= 0.3 is 5.97 Å². The normalized spacial score (nSPS) is 19.5. The molecule has 0 spiro atoms. The fraction of sp³-hybridized carbons (Fsp3) is 0.600. The fourth-order valence-corrected chi connectivity index (χ4v) is 1.30. The topological polar surface area (TPSA) is 64.6 Å². The number of carbonyl (C=O) groups excluding carboxylic acids is 2. The van der Waals surface area contributed by atoms with E-state index in [0.717, 1.165) is 6.42 Å². The van der Waals surface area contributed by atoms with E-state index >= 15 is 0 Å². The van der Waals surface area contributed by atoms with Gasteiger partial charge in [-0.2, -0.15) is 0 Å². The summed E-state index contributed by atoms with van der Waals surface area (Å²) in [4.78, 5) is 22.0. The second-order valence-corrected chi connectivity index (χ2v) is 3.11. The van der Waals surface area contributed by atoms with Crippen molar-refractivity contribution in [2.45, 2.75) is 26.3 Å². The van der Waals surface area contributed by atoms with Gasteiger partial charge in [-0.3, -0.25) is 4.79 Å². The molecule has 0 aromatic carbocycles. The summed E-state index contributed by atoms with van der Waals surface area (Å²) in [5.74, 6) is -0.0936. The maximum Gasteiger partial charge on any atom is 0.344 e. The van der Waals surface area contributed by atoms with Crippen molar-refractivity contribution in [2.24, 2.45) is 0 Å². The van der Waals surface area contributed by atoms with Crippen molar-refractivity contribution in [2.75, 3.05) is 13.2 Å². The van der Waals surface area contributed by atoms with Crippen molar-refractivity contribution in [3.8, 4) is 0 Å². The lowest BCUT2D eigenvalue weighted by atomic mass is 10.2. The van der Waals surface area contributed by atoms with Crippen LogP contribution in [0.3, 0.4) is 0 Å². The third-order valence-corrected chi connectivity index (χ3v) is 2.00. The molecular formula is C10H15NO4. The smallest absolute Gasteiger partial charge is 0.344 e. The quantitative estimate of drug-likeness (QED) is 0.670. The van der Waals surface area contributed by atoms with Crippen LogP contribution in [0.4, 0.5) is 0 Å². The van der Waals surface area contributed by atoms with Gasteiger partial charge in [-0.25, -0.2) is 4.79 Å². The van der Waals surface area contributed by atoms with E-state index in [0.29, 0.717) is 12.4 Å². The molecule has 1 unspecified atom stereocenters. The van der Waals surface area contributed by atoms with Crippen molar-refractivity contribution < 1.29 is 19.1 Å². The number of esters is 1. The molecule has 1 heterocycles. The number of rotatable bonds is 5. The number of carbonyl (C=O) groups is 2. The Balaban J connectivity index is 2.40. The molecule has 0 aromatic heterocycles. The van der Waals surface area contributed by atoms with Gasteiger partial charge in [0.15, 0.2) is 6.61 Å². The van der Waals surface area contributed by atoms with Gasteiger partial charge in [0.1, 0.15) is 5.76 Å². The van der Waals surface area contributed by atoms with Crippen molar-refractivity contribution >= 4 is 11.9 Å². The minimum Gasteiger partial charge on any atom is -0.484 e. The van der Waals surface area contributed by atoms with Crippen molar-refractivity contribution in [3.05, 3.63) is 11.8 Å². The maximum atomic E-state index is 11.0. The number of amides is 1. The molecule has 5 heteroatoms. The summed E-state index contributed by atoms with van der Waals surface area (Å²) in [7, 11) is 0. The zero-order valence-electron chi connectivity index (χ0n) is 8.91. The summed E-state index contributed by atoms with van der Waals surface area (Å²) in [6.07, 6.45) is 2.10. The molecular weight excluding hydrogens is 198 g/mol. The molecule has 0 aromatic rings. The van der Waals surface area contributed by atoms with Crippen molar-refractivity contribution in [1.29, 1.82) is 0 Å². The largest absolute Gasteiger partial charge is 0.484 e. The van der Waals surface area contributed by atoms with Crippen LogP contribution in [0.15, 0.2) is 11.8 Å². The molecule has 0 aliphatic carbocycles. The Kier molecular flexibility index (Phi) is 4.15. The lowest BCUT2D eigenvalue weighted by molar-refractivity contribution is -0.147. The Morgan fingerprint density at radius 3 is 2.87 bits per heavy atom. The Bertz CT molecular complexity index is 285. The highest BCUT2D eigenvalue weighted by molar-refractivity contribution is 5.91. The lowest BCUT2D eigenvalue weighted by Gasteiger charge is -2.13. The van der Waals surface area contributed by atoms with Crippen LogP contribution in [0.1, 0.15) is 20.3 Å². The highest BCUT2D eigenvalue weighted by Crippen LogP contribution is 2.13. The van der Waals surface area contributed by atoms with Crippen LogP contribution in [0.25, 0.3) is 0 Å². The van der Waals surface area contributed by atoms with Gasteiger partial charge in [-0.1, -0.05) is 6.92 Å². The number of hydrogen-bond acceptors (Lipinski definition) is 4. The van der Waals surface area contributed by atoms with Gasteiger partial charge in [0.05, 0.1) is 12.6 Å². The Morgan fingerprint density at radius 2 is 2.27 bits per heavy atom. The third kappa shape index (κ3) is 3.27. The van der Waals surface area contributed by atoms with Crippen LogP contribution in [-0.2, 0) is 19.1 Å². The van der Waals surface area contributed by atoms with Gasteiger partial charge in [0.2, 0.25) is 5.91 Å². The highest BCUT2D eigenvalue weighted by Gasteiger charge is 2.24. The molecule has 1 aliphatic rings. The first-order chi connectivity index (χ1) is 7.17. The van der Waals surface area contributed by atoms with Crippen LogP contribution in [0, 0.1) is 0 Å². The van der Waals surface area contributed by atoms with Crippen molar-refractivity contribution in [3.63, 3.8) is 0 Å². The standard InChI is InChI=1S/C10H15NO4/c1-3-7-8(5-9(12)11-7)15-6-10(13)14-4-2/h5,7H,3-4,6H2,1-2H3,(H,11,12). The number of ether oxygens (including phenoxy) is 2. The van der Waals surface area contributed by atoms with Crippen LogP contribution < -0.4 is 5.32 Å². The average molecular weight is 213 g/mol. The molecule has 15 heavy (non-hydrogen) atoms. The molecule has 0 bridgehead atoms. The Labute approximate surface area is 88.4 Å². The van der Waals surface area contributed by atoms with Crippen LogP contribution in [-0.4, -0.2) is 31.1 Å². The van der Waals surface area contributed by atoms with E-state index in [1.54, 1.807) is 6.92 Å². The van der Waals surface area contributed by atoms with Gasteiger partial charge < -0.3 is 14.8 Å². The summed E-state index contributed by atoms with van der Waals surface area (Å²) in [6.45, 7) is 3.84. The second-order valence-electron chi connectivity index (χ2n) is 3.11. The highest BCUT2D eigenvalue weighted by atomic mass is 16.6. The summed E-state index contributed by atoms with van der Waals surface area (Å²) in [6, 6.07) is -0.119. The first kappa shape index (κ1) is 11.6. The third-order valence-electron chi connectivity index (χ3n) is 2.00. The Hall–Kier alpha value is -1.52. The van der Waals surface area contributed by atoms with Gasteiger partial charge in [0.25, 0.3) is 0 Å². The molecule has 0 fully saturated rings. The summed E-state index contributed by atoms with van der Waals surface area (Å²) >= 11 is 0. The average Bonchev–Trinajstić information content (AvgIpc) is 2.56. The van der Waals surface area contributed by atoms with E-state index in [2.05, 4.69) is 5.32 Å². The van der Waals surface area contributed by atoms with E-state index in [1.807, 2.05) is 6.92 Å². The second kappa shape index (κ2) is 5.38. The fourth-order valence-electron chi connectivity index (χ4n) is 1.30. The van der Waals surface area contributed by atoms with E-state index in [1.165, 1.54) is 6.08 Å². The number of hydrogen-bond donors (Lipinski definition) is 1. The molecule has 1 aliphatic heterocycles. The molecule has 84 valence electrons. The Morgan fingerprint density at radius 1 is 1.53 bits per heavy atom. The van der Waals surface area contributed by atoms with Gasteiger partial charge in [-0.15, -0.1) is 0 Å². The molecule has 1 N–H and O–H groups in total. The summed E-state index contributed by atoms with van der Waals surface area (Å²) < 4.78 is 9.90. The lowest BCUT2D eigenvalue weighted by Crippen LogP contribution is -2.28. The predicted molar refractivity (Wildman–Crippen MR) is 52.9 cm³/mol.